The van der Waals surface area contributed by atoms with Crippen LogP contribution >= 0.6 is 11.6 Å². The predicted molar refractivity (Wildman–Crippen MR) is 157 cm³/mol. The number of fused-ring (bicyclic) bond motifs is 3. The van der Waals surface area contributed by atoms with E-state index in [9.17, 15) is 14.7 Å². The lowest BCUT2D eigenvalue weighted by molar-refractivity contribution is -0.107. The molecular weight excluding hydrogens is 579 g/mol. The number of carbonyl (C=O) groups is 2. The molecule has 0 aliphatic carbocycles. The fraction of sp³-hybridized carbons (Fsp3) is 0.355. The van der Waals surface area contributed by atoms with Crippen LogP contribution in [0.3, 0.4) is 0 Å². The van der Waals surface area contributed by atoms with Crippen molar-refractivity contribution >= 4 is 34.9 Å². The highest BCUT2D eigenvalue weighted by Gasteiger charge is 2.43. The standard InChI is InChI=1S/C31H30ClFN4O6/c1-17-6-23(25(32)9-27(17)34-12-20(13-34)41-2)30(38)35-10-18-4-3-5-21(29(18)43-15-35)22-8-28(24(31(39)40)7-26(22)33)37-19-11-36(37)16-42-14-19/h3-9,19-20H,10-16H2,1-2H3,(H,39,40). The van der Waals surface area contributed by atoms with Crippen LogP contribution in [0, 0.1) is 12.7 Å². The third-order valence-corrected chi connectivity index (χ3v) is 8.94. The zero-order valence-corrected chi connectivity index (χ0v) is 24.4. The van der Waals surface area contributed by atoms with Gasteiger partial charge in [0.1, 0.15) is 18.3 Å². The van der Waals surface area contributed by atoms with E-state index in [4.69, 9.17) is 25.8 Å². The summed E-state index contributed by atoms with van der Waals surface area (Å²) in [6, 6.07) is 11.6. The highest BCUT2D eigenvalue weighted by atomic mass is 35.5. The van der Waals surface area contributed by atoms with Gasteiger partial charge < -0.3 is 29.1 Å². The Labute approximate surface area is 252 Å². The fourth-order valence-electron chi connectivity index (χ4n) is 6.30. The Hall–Kier alpha value is -3.90. The Morgan fingerprint density at radius 2 is 1.86 bits per heavy atom. The number of anilines is 2. The first kappa shape index (κ1) is 27.9. The number of hydrogen-bond donors (Lipinski definition) is 1. The highest BCUT2D eigenvalue weighted by molar-refractivity contribution is 6.34. The van der Waals surface area contributed by atoms with Gasteiger partial charge in [0.25, 0.3) is 5.91 Å². The first-order valence-corrected chi connectivity index (χ1v) is 14.4. The highest BCUT2D eigenvalue weighted by Crippen LogP contribution is 2.42. The average molecular weight is 609 g/mol. The Balaban J connectivity index is 1.17. The number of hydrazine groups is 1. The van der Waals surface area contributed by atoms with Gasteiger partial charge in [0, 0.05) is 49.1 Å². The number of halogens is 2. The van der Waals surface area contributed by atoms with Gasteiger partial charge in [-0.2, -0.15) is 5.01 Å². The van der Waals surface area contributed by atoms with Crippen LogP contribution in [-0.2, 0) is 16.0 Å². The second-order valence-electron chi connectivity index (χ2n) is 11.3. The molecule has 2 bridgehead atoms. The zero-order chi connectivity index (χ0) is 30.0. The number of aromatic carboxylic acids is 1. The molecule has 0 radical (unpaired) electrons. The van der Waals surface area contributed by atoms with E-state index in [2.05, 4.69) is 4.90 Å². The minimum Gasteiger partial charge on any atom is -0.478 e. The lowest BCUT2D eigenvalue weighted by Gasteiger charge is -2.55. The monoisotopic (exact) mass is 608 g/mol. The molecule has 2 atom stereocenters. The van der Waals surface area contributed by atoms with E-state index in [1.165, 1.54) is 0 Å². The Morgan fingerprint density at radius 1 is 1.05 bits per heavy atom. The molecule has 7 rings (SSSR count). The first-order chi connectivity index (χ1) is 20.7. The number of rotatable bonds is 6. The van der Waals surface area contributed by atoms with Gasteiger partial charge in [0.15, 0.2) is 6.73 Å². The van der Waals surface area contributed by atoms with Crippen LogP contribution in [0.2, 0.25) is 5.02 Å². The molecule has 3 aromatic rings. The first-order valence-electron chi connectivity index (χ1n) is 14.0. The smallest absolute Gasteiger partial charge is 0.337 e. The van der Waals surface area contributed by atoms with Crippen molar-refractivity contribution in [3.8, 4) is 16.9 Å². The molecular formula is C31H30ClFN4O6. The minimum absolute atomic E-state index is 0.0108. The third-order valence-electron chi connectivity index (χ3n) is 8.62. The van der Waals surface area contributed by atoms with Crippen molar-refractivity contribution < 1.29 is 33.3 Å². The molecule has 2 unspecified atom stereocenters. The van der Waals surface area contributed by atoms with Crippen LogP contribution in [0.5, 0.6) is 5.75 Å². The summed E-state index contributed by atoms with van der Waals surface area (Å²) in [5.41, 5.74) is 3.99. The Bertz CT molecular complexity index is 1630. The molecule has 43 heavy (non-hydrogen) atoms. The molecule has 4 aliphatic rings. The number of carbonyl (C=O) groups excluding carboxylic acids is 1. The van der Waals surface area contributed by atoms with Crippen LogP contribution in [0.15, 0.2) is 42.5 Å². The number of benzene rings is 3. The van der Waals surface area contributed by atoms with Crippen molar-refractivity contribution in [2.45, 2.75) is 25.6 Å². The maximum Gasteiger partial charge on any atom is 0.337 e. The predicted octanol–water partition coefficient (Wildman–Crippen LogP) is 4.37. The number of ether oxygens (including phenoxy) is 3. The fourth-order valence-corrected chi connectivity index (χ4v) is 6.54. The third kappa shape index (κ3) is 4.67. The van der Waals surface area contributed by atoms with Crippen molar-refractivity contribution in [3.05, 3.63) is 75.6 Å². The molecule has 10 nitrogen and oxygen atoms in total. The topological polar surface area (TPSA) is 95.0 Å². The number of aryl methyl sites for hydroxylation is 1. The largest absolute Gasteiger partial charge is 0.478 e. The SMILES string of the molecule is COC1CN(c2cc(Cl)c(C(=O)N3COc4c(cccc4-c4cc(N5C6COCN5C6)c(C(=O)O)cc4F)C3)cc2C)C1. The quantitative estimate of drug-likeness (QED) is 0.438. The van der Waals surface area contributed by atoms with Crippen LogP contribution in [-0.4, -0.2) is 85.9 Å². The maximum absolute atomic E-state index is 15.5. The van der Waals surface area contributed by atoms with E-state index in [0.29, 0.717) is 46.5 Å². The number of hydrogen-bond acceptors (Lipinski definition) is 8. The normalized spacial score (nSPS) is 21.1. The summed E-state index contributed by atoms with van der Waals surface area (Å²) in [7, 11) is 1.69. The van der Waals surface area contributed by atoms with Gasteiger partial charge in [-0.15, -0.1) is 0 Å². The summed E-state index contributed by atoms with van der Waals surface area (Å²) in [4.78, 5) is 29.4. The molecule has 3 saturated heterocycles. The summed E-state index contributed by atoms with van der Waals surface area (Å²) in [6.45, 7) is 5.23. The number of nitrogens with zero attached hydrogens (tertiary/aromatic N) is 4. The maximum atomic E-state index is 15.5. The molecule has 224 valence electrons. The van der Waals surface area contributed by atoms with Crippen molar-refractivity contribution in [2.75, 3.05) is 56.7 Å². The van der Waals surface area contributed by atoms with Crippen LogP contribution < -0.4 is 14.6 Å². The van der Waals surface area contributed by atoms with E-state index in [-0.39, 0.29) is 42.5 Å². The number of amides is 1. The van der Waals surface area contributed by atoms with E-state index in [1.54, 1.807) is 36.3 Å². The van der Waals surface area contributed by atoms with Crippen LogP contribution in [0.4, 0.5) is 15.8 Å². The van der Waals surface area contributed by atoms with Gasteiger partial charge in [0.2, 0.25) is 0 Å². The minimum atomic E-state index is -1.21. The molecule has 1 N–H and O–H groups in total. The summed E-state index contributed by atoms with van der Waals surface area (Å²) in [5.74, 6) is -1.70. The Kier molecular flexibility index (Phi) is 6.93. The van der Waals surface area contributed by atoms with E-state index in [0.717, 1.165) is 37.0 Å². The molecule has 3 fully saturated rings. The molecule has 4 aliphatic heterocycles. The summed E-state index contributed by atoms with van der Waals surface area (Å²) in [6.07, 6.45) is 0.188. The van der Waals surface area contributed by atoms with Gasteiger partial charge in [-0.25, -0.2) is 9.18 Å². The number of carboxylic acids is 1. The molecule has 12 heteroatoms. The summed E-state index contributed by atoms with van der Waals surface area (Å²) >= 11 is 6.62. The van der Waals surface area contributed by atoms with E-state index < -0.39 is 11.8 Å². The van der Waals surface area contributed by atoms with Crippen molar-refractivity contribution in [3.63, 3.8) is 0 Å². The lowest BCUT2D eigenvalue weighted by atomic mass is 9.96. The van der Waals surface area contributed by atoms with Crippen LogP contribution in [0.25, 0.3) is 11.1 Å². The number of para-hydroxylation sites is 1. The molecule has 4 heterocycles. The van der Waals surface area contributed by atoms with E-state index in [1.807, 2.05) is 29.1 Å². The van der Waals surface area contributed by atoms with Crippen LogP contribution in [0.1, 0.15) is 31.8 Å². The van der Waals surface area contributed by atoms with E-state index >= 15 is 4.39 Å². The number of carboxylic acid groups (broad SMARTS) is 1. The molecule has 1 amide bonds. The summed E-state index contributed by atoms with van der Waals surface area (Å²) in [5, 5.41) is 13.9. The zero-order valence-electron chi connectivity index (χ0n) is 23.7. The molecule has 0 saturated carbocycles. The average Bonchev–Trinajstić information content (AvgIpc) is 2.98. The lowest BCUT2D eigenvalue weighted by Crippen LogP contribution is -2.70. The second-order valence-corrected chi connectivity index (χ2v) is 11.7. The van der Waals surface area contributed by atoms with Crippen molar-refractivity contribution in [1.29, 1.82) is 0 Å². The van der Waals surface area contributed by atoms with Gasteiger partial charge in [-0.05, 0) is 36.8 Å². The Morgan fingerprint density at radius 3 is 2.56 bits per heavy atom. The second kappa shape index (κ2) is 10.7. The van der Waals surface area contributed by atoms with Gasteiger partial charge in [0.05, 0.1) is 47.1 Å². The van der Waals surface area contributed by atoms with Crippen molar-refractivity contribution in [2.24, 2.45) is 0 Å². The molecule has 0 aromatic heterocycles. The van der Waals surface area contributed by atoms with Gasteiger partial charge >= 0.3 is 5.97 Å². The molecule has 0 spiro atoms. The number of methoxy groups -OCH3 is 1. The van der Waals surface area contributed by atoms with Gasteiger partial charge in [-0.3, -0.25) is 9.80 Å². The summed E-state index contributed by atoms with van der Waals surface area (Å²) < 4.78 is 32.5. The van der Waals surface area contributed by atoms with Gasteiger partial charge in [-0.1, -0.05) is 29.8 Å². The van der Waals surface area contributed by atoms with Crippen molar-refractivity contribution in [1.82, 2.24) is 9.91 Å². The molecule has 3 aromatic carbocycles.